The van der Waals surface area contributed by atoms with E-state index in [9.17, 15) is 9.59 Å². The fourth-order valence-electron chi connectivity index (χ4n) is 2.83. The topological polar surface area (TPSA) is 95.1 Å². The highest BCUT2D eigenvalue weighted by Crippen LogP contribution is 2.16. The number of guanidine groups is 1. The van der Waals surface area contributed by atoms with Crippen molar-refractivity contribution >= 4 is 23.6 Å². The van der Waals surface area contributed by atoms with Crippen molar-refractivity contribution < 1.29 is 14.3 Å². The zero-order chi connectivity index (χ0) is 22.3. The number of hydrogen-bond acceptors (Lipinski definition) is 4. The van der Waals surface area contributed by atoms with Crippen molar-refractivity contribution in [2.45, 2.75) is 59.2 Å². The molecule has 1 heterocycles. The third-order valence-electron chi connectivity index (χ3n) is 4.81. The van der Waals surface area contributed by atoms with Crippen LogP contribution in [0.3, 0.4) is 0 Å². The zero-order valence-electron chi connectivity index (χ0n) is 18.9. The minimum atomic E-state index is -0.490. The monoisotopic (exact) mass is 417 g/mol. The van der Waals surface area contributed by atoms with Crippen molar-refractivity contribution in [2.75, 3.05) is 25.5 Å². The molecule has 1 aromatic rings. The molecule has 0 aliphatic carbocycles. The molecule has 1 aliphatic heterocycles. The fraction of sp³-hybridized carbons (Fsp3) is 0.591. The van der Waals surface area contributed by atoms with Gasteiger partial charge in [-0.05, 0) is 44.9 Å². The molecular weight excluding hydrogens is 382 g/mol. The van der Waals surface area contributed by atoms with Gasteiger partial charge in [-0.3, -0.25) is 9.79 Å². The number of benzene rings is 1. The van der Waals surface area contributed by atoms with E-state index in [4.69, 9.17) is 4.74 Å². The maximum absolute atomic E-state index is 12.1. The van der Waals surface area contributed by atoms with E-state index in [-0.39, 0.29) is 24.0 Å². The fourth-order valence-corrected chi connectivity index (χ4v) is 2.83. The van der Waals surface area contributed by atoms with E-state index in [1.165, 1.54) is 0 Å². The summed E-state index contributed by atoms with van der Waals surface area (Å²) in [6.45, 7) is 11.2. The number of likely N-dealkylation sites (tertiary alicyclic amines) is 1. The molecule has 1 atom stereocenters. The van der Waals surface area contributed by atoms with Crippen molar-refractivity contribution in [3.05, 3.63) is 29.8 Å². The van der Waals surface area contributed by atoms with Crippen LogP contribution in [-0.2, 0) is 16.1 Å². The molecular formula is C22H35N5O3. The Kier molecular flexibility index (Phi) is 8.08. The van der Waals surface area contributed by atoms with E-state index < -0.39 is 5.60 Å². The Bertz CT molecular complexity index is 766. The van der Waals surface area contributed by atoms with Gasteiger partial charge in [0, 0.05) is 38.3 Å². The van der Waals surface area contributed by atoms with Crippen LogP contribution in [0, 0.1) is 5.92 Å². The van der Waals surface area contributed by atoms with Gasteiger partial charge in [0.2, 0.25) is 5.91 Å². The van der Waals surface area contributed by atoms with E-state index >= 15 is 0 Å². The quantitative estimate of drug-likeness (QED) is 0.489. The standard InChI is InChI=1S/C22H35N5O3/c1-7-15(2)19(28)25-17-10-8-9-16(11-17)12-24-20(23-6)26-18-13-27(14-18)21(29)30-22(3,4)5/h8-11,15,18H,7,12-14H2,1-6H3,(H,25,28)(H2,23,24,26). The van der Waals surface area contributed by atoms with Crippen LogP contribution >= 0.6 is 0 Å². The summed E-state index contributed by atoms with van der Waals surface area (Å²) in [5, 5.41) is 9.54. The van der Waals surface area contributed by atoms with Gasteiger partial charge in [0.15, 0.2) is 5.96 Å². The van der Waals surface area contributed by atoms with Crippen molar-refractivity contribution in [3.8, 4) is 0 Å². The third kappa shape index (κ3) is 7.24. The van der Waals surface area contributed by atoms with Crippen LogP contribution in [0.15, 0.2) is 29.3 Å². The first-order valence-corrected chi connectivity index (χ1v) is 10.5. The molecule has 8 heteroatoms. The summed E-state index contributed by atoms with van der Waals surface area (Å²) in [7, 11) is 1.71. The number of nitrogens with zero attached hydrogens (tertiary/aromatic N) is 2. The number of carbonyl (C=O) groups is 2. The molecule has 3 N–H and O–H groups in total. The molecule has 2 amide bonds. The molecule has 1 saturated heterocycles. The second-order valence-electron chi connectivity index (χ2n) is 8.65. The summed E-state index contributed by atoms with van der Waals surface area (Å²) in [6.07, 6.45) is 0.515. The number of amides is 2. The van der Waals surface area contributed by atoms with Crippen LogP contribution in [0.5, 0.6) is 0 Å². The number of hydrogen-bond donors (Lipinski definition) is 3. The largest absolute Gasteiger partial charge is 0.444 e. The Morgan fingerprint density at radius 1 is 1.30 bits per heavy atom. The average molecular weight is 418 g/mol. The van der Waals surface area contributed by atoms with Crippen molar-refractivity contribution in [1.29, 1.82) is 0 Å². The van der Waals surface area contributed by atoms with Crippen LogP contribution in [0.4, 0.5) is 10.5 Å². The summed E-state index contributed by atoms with van der Waals surface area (Å²) >= 11 is 0. The Labute approximate surface area is 179 Å². The lowest BCUT2D eigenvalue weighted by Gasteiger charge is -2.40. The van der Waals surface area contributed by atoms with Gasteiger partial charge in [0.1, 0.15) is 5.60 Å². The molecule has 1 fully saturated rings. The minimum absolute atomic E-state index is 0.0162. The maximum Gasteiger partial charge on any atom is 0.410 e. The predicted molar refractivity (Wildman–Crippen MR) is 119 cm³/mol. The molecule has 1 aliphatic rings. The smallest absolute Gasteiger partial charge is 0.410 e. The van der Waals surface area contributed by atoms with Gasteiger partial charge >= 0.3 is 6.09 Å². The summed E-state index contributed by atoms with van der Waals surface area (Å²) in [6, 6.07) is 7.88. The molecule has 1 aromatic carbocycles. The number of anilines is 1. The third-order valence-corrected chi connectivity index (χ3v) is 4.81. The van der Waals surface area contributed by atoms with Gasteiger partial charge in [-0.2, -0.15) is 0 Å². The van der Waals surface area contributed by atoms with E-state index in [2.05, 4.69) is 20.9 Å². The van der Waals surface area contributed by atoms with Crippen LogP contribution in [0.2, 0.25) is 0 Å². The van der Waals surface area contributed by atoms with Crippen LogP contribution in [0.1, 0.15) is 46.6 Å². The first-order valence-electron chi connectivity index (χ1n) is 10.5. The maximum atomic E-state index is 12.1. The van der Waals surface area contributed by atoms with Gasteiger partial charge in [0.05, 0.1) is 6.04 Å². The molecule has 0 radical (unpaired) electrons. The summed E-state index contributed by atoms with van der Waals surface area (Å²) in [5.41, 5.74) is 1.33. The van der Waals surface area contributed by atoms with E-state index in [1.807, 2.05) is 58.9 Å². The number of aliphatic imine (C=N–C) groups is 1. The summed E-state index contributed by atoms with van der Waals surface area (Å²) in [5.74, 6) is 0.676. The number of ether oxygens (including phenoxy) is 1. The van der Waals surface area contributed by atoms with E-state index in [1.54, 1.807) is 11.9 Å². The molecule has 0 spiro atoms. The predicted octanol–water partition coefficient (Wildman–Crippen LogP) is 2.96. The minimum Gasteiger partial charge on any atom is -0.444 e. The molecule has 8 nitrogen and oxygen atoms in total. The Balaban J connectivity index is 1.79. The van der Waals surface area contributed by atoms with Crippen LogP contribution < -0.4 is 16.0 Å². The van der Waals surface area contributed by atoms with Crippen LogP contribution in [0.25, 0.3) is 0 Å². The molecule has 0 bridgehead atoms. The Morgan fingerprint density at radius 3 is 2.60 bits per heavy atom. The molecule has 1 unspecified atom stereocenters. The number of carbonyl (C=O) groups excluding carboxylic acids is 2. The first kappa shape index (κ1) is 23.5. The lowest BCUT2D eigenvalue weighted by molar-refractivity contribution is -0.119. The van der Waals surface area contributed by atoms with Crippen LogP contribution in [-0.4, -0.2) is 54.6 Å². The second-order valence-corrected chi connectivity index (χ2v) is 8.65. The molecule has 2 rings (SSSR count). The normalized spacial score (nSPS) is 15.8. The second kappa shape index (κ2) is 10.3. The zero-order valence-corrected chi connectivity index (χ0v) is 18.9. The van der Waals surface area contributed by atoms with Crippen molar-refractivity contribution in [1.82, 2.24) is 15.5 Å². The van der Waals surface area contributed by atoms with Gasteiger partial charge in [-0.1, -0.05) is 26.0 Å². The lowest BCUT2D eigenvalue weighted by Crippen LogP contribution is -2.63. The number of rotatable bonds is 6. The Morgan fingerprint density at radius 2 is 2.00 bits per heavy atom. The SMILES string of the molecule is CCC(C)C(=O)Nc1cccc(CNC(=NC)NC2CN(C(=O)OC(C)(C)C)C2)c1. The molecule has 0 aromatic heterocycles. The van der Waals surface area contributed by atoms with Gasteiger partial charge < -0.3 is 25.6 Å². The molecule has 30 heavy (non-hydrogen) atoms. The van der Waals surface area contributed by atoms with E-state index in [0.29, 0.717) is 25.6 Å². The summed E-state index contributed by atoms with van der Waals surface area (Å²) in [4.78, 5) is 30.0. The van der Waals surface area contributed by atoms with Gasteiger partial charge in [-0.15, -0.1) is 0 Å². The lowest BCUT2D eigenvalue weighted by atomic mass is 10.1. The van der Waals surface area contributed by atoms with Gasteiger partial charge in [0.25, 0.3) is 0 Å². The van der Waals surface area contributed by atoms with Gasteiger partial charge in [-0.25, -0.2) is 4.79 Å². The average Bonchev–Trinajstić information content (AvgIpc) is 2.64. The molecule has 0 saturated carbocycles. The first-order chi connectivity index (χ1) is 14.1. The highest BCUT2D eigenvalue weighted by Gasteiger charge is 2.34. The van der Waals surface area contributed by atoms with Crippen molar-refractivity contribution in [3.63, 3.8) is 0 Å². The number of nitrogens with one attached hydrogen (secondary N) is 3. The Hall–Kier alpha value is -2.77. The summed E-state index contributed by atoms with van der Waals surface area (Å²) < 4.78 is 5.37. The highest BCUT2D eigenvalue weighted by atomic mass is 16.6. The highest BCUT2D eigenvalue weighted by molar-refractivity contribution is 5.92. The van der Waals surface area contributed by atoms with Crippen molar-refractivity contribution in [2.24, 2.45) is 10.9 Å². The molecule has 166 valence electrons. The van der Waals surface area contributed by atoms with E-state index in [0.717, 1.165) is 17.7 Å².